The van der Waals surface area contributed by atoms with Crippen molar-refractivity contribution in [1.29, 1.82) is 0 Å². The zero-order valence-corrected chi connectivity index (χ0v) is 8.72. The van der Waals surface area contributed by atoms with Gasteiger partial charge >= 0.3 is 0 Å². The topological polar surface area (TPSA) is 30.7 Å². The Bertz CT molecular complexity index is 431. The zero-order valence-electron chi connectivity index (χ0n) is 8.72. The minimum Gasteiger partial charge on any atom is -0.327 e. The van der Waals surface area contributed by atoms with Crippen LogP contribution in [-0.2, 0) is 6.42 Å². The molecule has 0 bridgehead atoms. The van der Waals surface area contributed by atoms with Crippen LogP contribution >= 0.6 is 0 Å². The molecular formula is C12H13N3. The van der Waals surface area contributed by atoms with Crippen molar-refractivity contribution in [2.45, 2.75) is 19.8 Å². The van der Waals surface area contributed by atoms with E-state index >= 15 is 0 Å². The maximum absolute atomic E-state index is 5.80. The lowest BCUT2D eigenvalue weighted by atomic mass is 10.2. The van der Waals surface area contributed by atoms with Crippen LogP contribution in [0.15, 0.2) is 30.7 Å². The molecule has 0 N–H and O–H groups in total. The van der Waals surface area contributed by atoms with Crippen LogP contribution in [0, 0.1) is 7.05 Å². The molecule has 0 aliphatic carbocycles. The SMILES string of the molecule is [CH]n1cc(-c2ccncc2)nc1CCC. The van der Waals surface area contributed by atoms with Gasteiger partial charge < -0.3 is 4.57 Å². The van der Waals surface area contributed by atoms with Gasteiger partial charge in [-0.15, -0.1) is 0 Å². The van der Waals surface area contributed by atoms with Gasteiger partial charge in [-0.05, 0) is 18.6 Å². The van der Waals surface area contributed by atoms with E-state index in [2.05, 4.69) is 16.9 Å². The minimum absolute atomic E-state index is 0.904. The van der Waals surface area contributed by atoms with E-state index in [0.717, 1.165) is 29.9 Å². The summed E-state index contributed by atoms with van der Waals surface area (Å²) < 4.78 is 1.60. The summed E-state index contributed by atoms with van der Waals surface area (Å²) in [5.74, 6) is 0.921. The summed E-state index contributed by atoms with van der Waals surface area (Å²) in [5, 5.41) is 0. The average Bonchev–Trinajstić information content (AvgIpc) is 2.63. The fraction of sp³-hybridized carbons (Fsp3) is 0.250. The Morgan fingerprint density at radius 3 is 2.73 bits per heavy atom. The third-order valence-electron chi connectivity index (χ3n) is 2.26. The summed E-state index contributed by atoms with van der Waals surface area (Å²) in [5.41, 5.74) is 1.95. The quantitative estimate of drug-likeness (QED) is 0.760. The number of hydrogen-bond acceptors (Lipinski definition) is 2. The normalized spacial score (nSPS) is 10.5. The van der Waals surface area contributed by atoms with Crippen molar-refractivity contribution in [1.82, 2.24) is 14.5 Å². The third-order valence-corrected chi connectivity index (χ3v) is 2.26. The van der Waals surface area contributed by atoms with Crippen LogP contribution in [0.5, 0.6) is 0 Å². The molecular weight excluding hydrogens is 186 g/mol. The molecule has 0 aliphatic heterocycles. The van der Waals surface area contributed by atoms with E-state index in [-0.39, 0.29) is 0 Å². The minimum atomic E-state index is 0.904. The lowest BCUT2D eigenvalue weighted by molar-refractivity contribution is 0.807. The van der Waals surface area contributed by atoms with Crippen molar-refractivity contribution >= 4 is 0 Å². The first-order chi connectivity index (χ1) is 7.31. The fourth-order valence-electron chi connectivity index (χ4n) is 1.50. The molecule has 2 radical (unpaired) electrons. The molecule has 15 heavy (non-hydrogen) atoms. The van der Waals surface area contributed by atoms with Crippen molar-refractivity contribution < 1.29 is 0 Å². The van der Waals surface area contributed by atoms with Gasteiger partial charge in [-0.1, -0.05) is 6.92 Å². The molecule has 0 fully saturated rings. The second-order valence-electron chi connectivity index (χ2n) is 3.44. The first-order valence-corrected chi connectivity index (χ1v) is 5.05. The van der Waals surface area contributed by atoms with Crippen molar-refractivity contribution in [2.75, 3.05) is 0 Å². The second-order valence-corrected chi connectivity index (χ2v) is 3.44. The lowest BCUT2D eigenvalue weighted by Gasteiger charge is -1.95. The highest BCUT2D eigenvalue weighted by Gasteiger charge is 2.05. The molecule has 2 aromatic heterocycles. The summed E-state index contributed by atoms with van der Waals surface area (Å²) in [6.45, 7) is 2.11. The Kier molecular flexibility index (Phi) is 2.81. The van der Waals surface area contributed by atoms with Crippen molar-refractivity contribution in [2.24, 2.45) is 0 Å². The fourth-order valence-corrected chi connectivity index (χ4v) is 1.50. The van der Waals surface area contributed by atoms with Crippen LogP contribution < -0.4 is 0 Å². The molecule has 0 spiro atoms. The molecule has 3 heteroatoms. The van der Waals surface area contributed by atoms with E-state index in [0.29, 0.717) is 0 Å². The number of hydrogen-bond donors (Lipinski definition) is 0. The monoisotopic (exact) mass is 199 g/mol. The Labute approximate surface area is 89.8 Å². The summed E-state index contributed by atoms with van der Waals surface area (Å²) in [6, 6.07) is 3.86. The van der Waals surface area contributed by atoms with Gasteiger partial charge in [0, 0.05) is 30.6 Å². The van der Waals surface area contributed by atoms with E-state index in [1.165, 1.54) is 0 Å². The molecule has 2 rings (SSSR count). The van der Waals surface area contributed by atoms with Crippen LogP contribution in [0.4, 0.5) is 0 Å². The summed E-state index contributed by atoms with van der Waals surface area (Å²) in [7, 11) is 5.80. The van der Waals surface area contributed by atoms with Crippen LogP contribution in [0.3, 0.4) is 0 Å². The molecule has 0 aliphatic rings. The van der Waals surface area contributed by atoms with Crippen molar-refractivity contribution in [3.8, 4) is 11.3 Å². The Morgan fingerprint density at radius 2 is 2.07 bits per heavy atom. The lowest BCUT2D eigenvalue weighted by Crippen LogP contribution is -1.93. The second kappa shape index (κ2) is 4.26. The largest absolute Gasteiger partial charge is 0.327 e. The first kappa shape index (κ1) is 9.90. The zero-order chi connectivity index (χ0) is 10.7. The van der Waals surface area contributed by atoms with Gasteiger partial charge in [0.15, 0.2) is 0 Å². The molecule has 0 saturated carbocycles. The summed E-state index contributed by atoms with van der Waals surface area (Å²) in [4.78, 5) is 8.45. The smallest absolute Gasteiger partial charge is 0.109 e. The number of imidazole rings is 1. The third kappa shape index (κ3) is 2.06. The van der Waals surface area contributed by atoms with Gasteiger partial charge in [-0.2, -0.15) is 0 Å². The molecule has 2 aromatic rings. The highest BCUT2D eigenvalue weighted by Crippen LogP contribution is 2.17. The molecule has 0 atom stereocenters. The van der Waals surface area contributed by atoms with Gasteiger partial charge in [-0.25, -0.2) is 4.98 Å². The van der Waals surface area contributed by atoms with Crippen LogP contribution in [-0.4, -0.2) is 14.5 Å². The summed E-state index contributed by atoms with van der Waals surface area (Å²) >= 11 is 0. The van der Waals surface area contributed by atoms with Crippen molar-refractivity contribution in [3.05, 3.63) is 43.6 Å². The van der Waals surface area contributed by atoms with E-state index in [1.54, 1.807) is 17.0 Å². The maximum atomic E-state index is 5.80. The molecule has 3 nitrogen and oxygen atoms in total. The Hall–Kier alpha value is -1.64. The van der Waals surface area contributed by atoms with E-state index in [9.17, 15) is 0 Å². The van der Waals surface area contributed by atoms with E-state index < -0.39 is 0 Å². The number of aryl methyl sites for hydroxylation is 1. The number of pyridine rings is 1. The van der Waals surface area contributed by atoms with Gasteiger partial charge in [0.1, 0.15) is 5.82 Å². The van der Waals surface area contributed by atoms with E-state index in [4.69, 9.17) is 7.05 Å². The predicted octanol–water partition coefficient (Wildman–Crippen LogP) is 2.41. The van der Waals surface area contributed by atoms with Gasteiger partial charge in [0.25, 0.3) is 0 Å². The highest BCUT2D eigenvalue weighted by atomic mass is 15.0. The van der Waals surface area contributed by atoms with Gasteiger partial charge in [0.2, 0.25) is 0 Å². The number of aromatic nitrogens is 3. The molecule has 0 saturated heterocycles. The maximum Gasteiger partial charge on any atom is 0.109 e. The predicted molar refractivity (Wildman–Crippen MR) is 59.2 cm³/mol. The number of rotatable bonds is 3. The Balaban J connectivity index is 2.34. The highest BCUT2D eigenvalue weighted by molar-refractivity contribution is 5.57. The molecule has 76 valence electrons. The Morgan fingerprint density at radius 1 is 1.33 bits per heavy atom. The van der Waals surface area contributed by atoms with Crippen LogP contribution in [0.25, 0.3) is 11.3 Å². The van der Waals surface area contributed by atoms with E-state index in [1.807, 2.05) is 18.3 Å². The first-order valence-electron chi connectivity index (χ1n) is 5.05. The molecule has 0 aromatic carbocycles. The number of nitrogens with zero attached hydrogens (tertiary/aromatic N) is 3. The van der Waals surface area contributed by atoms with Crippen LogP contribution in [0.1, 0.15) is 19.2 Å². The van der Waals surface area contributed by atoms with Crippen molar-refractivity contribution in [3.63, 3.8) is 0 Å². The molecule has 0 amide bonds. The average molecular weight is 199 g/mol. The van der Waals surface area contributed by atoms with Gasteiger partial charge in [0.05, 0.1) is 12.7 Å². The van der Waals surface area contributed by atoms with Gasteiger partial charge in [-0.3, -0.25) is 4.98 Å². The van der Waals surface area contributed by atoms with Crippen LogP contribution in [0.2, 0.25) is 0 Å². The standard InChI is InChI=1S/C12H13N3/c1-3-4-12-14-11(9-15(12)2)10-5-7-13-8-6-10/h2,5-9H,3-4H2,1H3. The summed E-state index contributed by atoms with van der Waals surface area (Å²) in [6.07, 6.45) is 7.31. The molecule has 2 heterocycles. The molecule has 0 unspecified atom stereocenters.